The summed E-state index contributed by atoms with van der Waals surface area (Å²) in [6.07, 6.45) is 4.75. The molecule has 0 N–H and O–H groups in total. The molecule has 0 aromatic carbocycles. The van der Waals surface area contributed by atoms with Crippen LogP contribution in [-0.2, 0) is 32.5 Å². The third-order valence-corrected chi connectivity index (χ3v) is 5.16. The zero-order valence-corrected chi connectivity index (χ0v) is 11.3. The van der Waals surface area contributed by atoms with Crippen molar-refractivity contribution < 1.29 is 14.3 Å². The molecule has 0 amide bonds. The molecule has 1 aliphatic heterocycles. The molecular weight excluding hydrogens is 250 g/mol. The second-order valence-corrected chi connectivity index (χ2v) is 6.19. The van der Waals surface area contributed by atoms with Crippen molar-refractivity contribution in [3.8, 4) is 0 Å². The first-order chi connectivity index (χ1) is 8.73. The first-order valence-electron chi connectivity index (χ1n) is 6.37. The normalized spacial score (nSPS) is 20.9. The maximum Gasteiger partial charge on any atom is 0.312 e. The predicted octanol–water partition coefficient (Wildman–Crippen LogP) is 1.85. The Bertz CT molecular complexity index is 463. The Morgan fingerprint density at radius 2 is 2.22 bits per heavy atom. The van der Waals surface area contributed by atoms with Gasteiger partial charge >= 0.3 is 5.97 Å². The monoisotopic (exact) mass is 267 g/mol. The summed E-state index contributed by atoms with van der Waals surface area (Å²) in [5.41, 5.74) is 1.48. The molecule has 5 heteroatoms. The molecule has 0 bridgehead atoms. The van der Waals surface area contributed by atoms with Gasteiger partial charge in [0, 0.05) is 23.5 Å². The van der Waals surface area contributed by atoms with Crippen LogP contribution in [0.25, 0.3) is 0 Å². The number of aryl methyl sites for hydroxylation is 1. The van der Waals surface area contributed by atoms with Gasteiger partial charge in [-0.1, -0.05) is 0 Å². The highest BCUT2D eigenvalue weighted by Gasteiger charge is 2.42. The average molecular weight is 267 g/mol. The van der Waals surface area contributed by atoms with Crippen LogP contribution >= 0.6 is 11.3 Å². The van der Waals surface area contributed by atoms with E-state index in [2.05, 4.69) is 0 Å². The van der Waals surface area contributed by atoms with Crippen molar-refractivity contribution in [1.29, 1.82) is 0 Å². The number of rotatable bonds is 2. The van der Waals surface area contributed by atoms with E-state index in [0.29, 0.717) is 6.42 Å². The van der Waals surface area contributed by atoms with Gasteiger partial charge in [-0.05, 0) is 25.7 Å². The number of ether oxygens (including phenoxy) is 2. The molecule has 0 atom stereocenters. The molecule has 0 unspecified atom stereocenters. The first-order valence-corrected chi connectivity index (χ1v) is 7.19. The van der Waals surface area contributed by atoms with Gasteiger partial charge in [0.1, 0.15) is 5.01 Å². The second kappa shape index (κ2) is 4.63. The van der Waals surface area contributed by atoms with Gasteiger partial charge in [0.25, 0.3) is 0 Å². The van der Waals surface area contributed by atoms with E-state index >= 15 is 0 Å². The first kappa shape index (κ1) is 12.1. The number of aromatic nitrogens is 1. The van der Waals surface area contributed by atoms with E-state index in [1.165, 1.54) is 24.1 Å². The van der Waals surface area contributed by atoms with E-state index in [0.717, 1.165) is 37.5 Å². The number of nitrogens with zero attached hydrogens (tertiary/aromatic N) is 1. The fraction of sp³-hybridized carbons (Fsp3) is 0.692. The topological polar surface area (TPSA) is 48.4 Å². The molecule has 1 aromatic rings. The summed E-state index contributed by atoms with van der Waals surface area (Å²) in [7, 11) is 1.42. The third kappa shape index (κ3) is 1.95. The molecule has 0 radical (unpaired) electrons. The lowest BCUT2D eigenvalue weighted by Crippen LogP contribution is -2.32. The highest BCUT2D eigenvalue weighted by Crippen LogP contribution is 2.47. The van der Waals surface area contributed by atoms with Crippen LogP contribution in [0.2, 0.25) is 0 Å². The summed E-state index contributed by atoms with van der Waals surface area (Å²) >= 11 is 1.68. The van der Waals surface area contributed by atoms with Crippen LogP contribution < -0.4 is 0 Å². The zero-order valence-electron chi connectivity index (χ0n) is 10.5. The van der Waals surface area contributed by atoms with E-state index in [1.54, 1.807) is 11.3 Å². The van der Waals surface area contributed by atoms with Crippen molar-refractivity contribution in [3.05, 3.63) is 15.6 Å². The fourth-order valence-electron chi connectivity index (χ4n) is 2.98. The highest BCUT2D eigenvalue weighted by molar-refractivity contribution is 7.11. The molecular formula is C13H17NO3S. The van der Waals surface area contributed by atoms with Crippen molar-refractivity contribution in [2.45, 2.75) is 37.5 Å². The van der Waals surface area contributed by atoms with Gasteiger partial charge in [0.2, 0.25) is 0 Å². The van der Waals surface area contributed by atoms with E-state index < -0.39 is 0 Å². The van der Waals surface area contributed by atoms with Gasteiger partial charge in [-0.3, -0.25) is 4.79 Å². The summed E-state index contributed by atoms with van der Waals surface area (Å²) < 4.78 is 10.2. The molecule has 3 rings (SSSR count). The lowest BCUT2D eigenvalue weighted by Gasteiger charge is -2.32. The van der Waals surface area contributed by atoms with Crippen LogP contribution in [0.5, 0.6) is 0 Å². The minimum atomic E-state index is -0.205. The van der Waals surface area contributed by atoms with Crippen LogP contribution in [0.15, 0.2) is 0 Å². The molecule has 1 aromatic heterocycles. The van der Waals surface area contributed by atoms with Crippen molar-refractivity contribution in [2.75, 3.05) is 20.3 Å². The molecule has 98 valence electrons. The van der Waals surface area contributed by atoms with Crippen molar-refractivity contribution >= 4 is 17.3 Å². The number of carbonyl (C=O) groups excluding carboxylic acids is 1. The van der Waals surface area contributed by atoms with Crippen LogP contribution in [0, 0.1) is 0 Å². The lowest BCUT2D eigenvalue weighted by atomic mass is 9.78. The number of methoxy groups -OCH3 is 1. The third-order valence-electron chi connectivity index (χ3n) is 4.05. The number of carbonyl (C=O) groups is 1. The van der Waals surface area contributed by atoms with Crippen LogP contribution in [0.1, 0.15) is 34.8 Å². The summed E-state index contributed by atoms with van der Waals surface area (Å²) in [5.74, 6) is -0.205. The SMILES string of the molecule is COC(=O)Cc1nc2c(s1)CCC21CCOCC1. The van der Waals surface area contributed by atoms with Gasteiger partial charge in [-0.2, -0.15) is 0 Å². The highest BCUT2D eigenvalue weighted by atomic mass is 32.1. The molecule has 0 saturated carbocycles. The van der Waals surface area contributed by atoms with Crippen LogP contribution in [-0.4, -0.2) is 31.3 Å². The van der Waals surface area contributed by atoms with Gasteiger partial charge in [-0.25, -0.2) is 4.98 Å². The Balaban J connectivity index is 1.85. The van der Waals surface area contributed by atoms with Gasteiger partial charge in [-0.15, -0.1) is 11.3 Å². The average Bonchev–Trinajstić information content (AvgIpc) is 2.92. The summed E-state index contributed by atoms with van der Waals surface area (Å²) in [6, 6.07) is 0. The van der Waals surface area contributed by atoms with Crippen molar-refractivity contribution in [3.63, 3.8) is 0 Å². The van der Waals surface area contributed by atoms with Gasteiger partial charge in [0.15, 0.2) is 0 Å². The van der Waals surface area contributed by atoms with E-state index in [4.69, 9.17) is 14.5 Å². The molecule has 18 heavy (non-hydrogen) atoms. The van der Waals surface area contributed by atoms with Gasteiger partial charge < -0.3 is 9.47 Å². The molecule has 1 fully saturated rings. The molecule has 1 saturated heterocycles. The smallest absolute Gasteiger partial charge is 0.312 e. The molecule has 2 heterocycles. The largest absolute Gasteiger partial charge is 0.469 e. The summed E-state index contributed by atoms with van der Waals surface area (Å²) in [5, 5.41) is 0.900. The van der Waals surface area contributed by atoms with Crippen molar-refractivity contribution in [1.82, 2.24) is 4.98 Å². The number of esters is 1. The fourth-order valence-corrected chi connectivity index (χ4v) is 4.15. The number of hydrogen-bond acceptors (Lipinski definition) is 5. The Kier molecular flexibility index (Phi) is 3.11. The zero-order chi connectivity index (χ0) is 12.6. The Hall–Kier alpha value is -0.940. The van der Waals surface area contributed by atoms with Gasteiger partial charge in [0.05, 0.1) is 19.2 Å². The Morgan fingerprint density at radius 1 is 1.44 bits per heavy atom. The Labute approximate surface area is 110 Å². The molecule has 4 nitrogen and oxygen atoms in total. The molecule has 1 aliphatic carbocycles. The maximum atomic E-state index is 11.3. The number of thiazole rings is 1. The number of hydrogen-bond donors (Lipinski definition) is 0. The number of fused-ring (bicyclic) bond motifs is 2. The van der Waals surface area contributed by atoms with Crippen molar-refractivity contribution in [2.24, 2.45) is 0 Å². The summed E-state index contributed by atoms with van der Waals surface area (Å²) in [4.78, 5) is 17.4. The maximum absolute atomic E-state index is 11.3. The quantitative estimate of drug-likeness (QED) is 0.767. The molecule has 1 spiro atoms. The van der Waals surface area contributed by atoms with E-state index in [-0.39, 0.29) is 11.4 Å². The van der Waals surface area contributed by atoms with Crippen LogP contribution in [0.3, 0.4) is 0 Å². The second-order valence-electron chi connectivity index (χ2n) is 5.02. The predicted molar refractivity (Wildman–Crippen MR) is 67.9 cm³/mol. The molecule has 2 aliphatic rings. The minimum absolute atomic E-state index is 0.205. The Morgan fingerprint density at radius 3 is 2.94 bits per heavy atom. The standard InChI is InChI=1S/C13H17NO3S/c1-16-11(15)8-10-14-12-9(18-10)2-3-13(12)4-6-17-7-5-13/h2-8H2,1H3. The lowest BCUT2D eigenvalue weighted by molar-refractivity contribution is -0.139. The minimum Gasteiger partial charge on any atom is -0.469 e. The van der Waals surface area contributed by atoms with Crippen LogP contribution in [0.4, 0.5) is 0 Å². The van der Waals surface area contributed by atoms with E-state index in [9.17, 15) is 4.79 Å². The summed E-state index contributed by atoms with van der Waals surface area (Å²) in [6.45, 7) is 1.67. The van der Waals surface area contributed by atoms with E-state index in [1.807, 2.05) is 0 Å².